The maximum absolute atomic E-state index is 12.7. The molecule has 0 aromatic heterocycles. The van der Waals surface area contributed by atoms with Crippen molar-refractivity contribution in [1.82, 2.24) is 4.90 Å². The van der Waals surface area contributed by atoms with Crippen molar-refractivity contribution < 1.29 is 24.4 Å². The quantitative estimate of drug-likeness (QED) is 0.626. The van der Waals surface area contributed by atoms with Gasteiger partial charge in [0.1, 0.15) is 11.9 Å². The molecule has 0 spiro atoms. The third kappa shape index (κ3) is 4.46. The number of nitrogens with zero attached hydrogens (tertiary/aromatic N) is 2. The smallest absolute Gasteiger partial charge is 0.335 e. The summed E-state index contributed by atoms with van der Waals surface area (Å²) in [4.78, 5) is 35.8. The Bertz CT molecular complexity index is 869. The molecule has 1 fully saturated rings. The number of piperidine rings is 1. The predicted octanol–water partition coefficient (Wildman–Crippen LogP) is 3.29. The van der Waals surface area contributed by atoms with E-state index in [9.17, 15) is 19.7 Å². The van der Waals surface area contributed by atoms with Crippen LogP contribution in [-0.2, 0) is 0 Å². The average Bonchev–Trinajstić information content (AvgIpc) is 2.69. The molecule has 2 aromatic carbocycles. The fraction of sp³-hybridized carbons (Fsp3) is 0.300. The van der Waals surface area contributed by atoms with Crippen LogP contribution in [0.1, 0.15) is 39.1 Å². The van der Waals surface area contributed by atoms with E-state index in [1.807, 2.05) is 31.2 Å². The molecule has 1 aliphatic heterocycles. The van der Waals surface area contributed by atoms with Gasteiger partial charge >= 0.3 is 5.97 Å². The van der Waals surface area contributed by atoms with Crippen molar-refractivity contribution >= 4 is 17.6 Å². The van der Waals surface area contributed by atoms with Crippen LogP contribution in [0.4, 0.5) is 5.69 Å². The van der Waals surface area contributed by atoms with Gasteiger partial charge in [0.25, 0.3) is 11.6 Å². The number of non-ortho nitro benzene ring substituents is 1. The minimum atomic E-state index is -1.32. The summed E-state index contributed by atoms with van der Waals surface area (Å²) in [6, 6.07) is 11.0. The number of aromatic carboxylic acids is 1. The Hall–Kier alpha value is -3.42. The summed E-state index contributed by atoms with van der Waals surface area (Å²) in [5.41, 5.74) is 0.450. The fourth-order valence-corrected chi connectivity index (χ4v) is 3.13. The third-order valence-electron chi connectivity index (χ3n) is 4.68. The molecule has 0 aliphatic carbocycles. The van der Waals surface area contributed by atoms with Gasteiger partial charge < -0.3 is 14.7 Å². The molecule has 28 heavy (non-hydrogen) atoms. The predicted molar refractivity (Wildman–Crippen MR) is 101 cm³/mol. The highest BCUT2D eigenvalue weighted by molar-refractivity contribution is 5.98. The lowest BCUT2D eigenvalue weighted by Gasteiger charge is -2.32. The maximum Gasteiger partial charge on any atom is 0.335 e. The van der Waals surface area contributed by atoms with Crippen molar-refractivity contribution in [2.75, 3.05) is 13.1 Å². The first-order chi connectivity index (χ1) is 13.3. The molecular formula is C20H20N2O6. The number of carboxylic acid groups (broad SMARTS) is 1. The monoisotopic (exact) mass is 384 g/mol. The van der Waals surface area contributed by atoms with Gasteiger partial charge in [-0.05, 0) is 25.1 Å². The number of rotatable bonds is 5. The van der Waals surface area contributed by atoms with E-state index in [1.165, 1.54) is 6.07 Å². The number of carbonyl (C=O) groups excluding carboxylic acids is 1. The van der Waals surface area contributed by atoms with Crippen LogP contribution in [0.3, 0.4) is 0 Å². The van der Waals surface area contributed by atoms with Gasteiger partial charge in [-0.2, -0.15) is 0 Å². The van der Waals surface area contributed by atoms with Crippen LogP contribution in [0.5, 0.6) is 5.75 Å². The number of likely N-dealkylation sites (tertiary alicyclic amines) is 1. The van der Waals surface area contributed by atoms with Crippen molar-refractivity contribution in [3.8, 4) is 5.75 Å². The van der Waals surface area contributed by atoms with Crippen LogP contribution in [0.15, 0.2) is 42.5 Å². The SMILES string of the molecule is Cc1ccc(OC2CCN(C(=O)c3cc(C(=O)O)cc([N+](=O)[O-])c3)CC2)cc1. The van der Waals surface area contributed by atoms with E-state index < -0.39 is 22.5 Å². The molecule has 0 unspecified atom stereocenters. The Labute approximate surface area is 161 Å². The van der Waals surface area contributed by atoms with Gasteiger partial charge in [0.05, 0.1) is 10.5 Å². The molecule has 146 valence electrons. The molecule has 8 nitrogen and oxygen atoms in total. The lowest BCUT2D eigenvalue weighted by atomic mass is 10.0. The van der Waals surface area contributed by atoms with Crippen molar-refractivity contribution in [3.05, 3.63) is 69.3 Å². The van der Waals surface area contributed by atoms with Crippen LogP contribution in [0, 0.1) is 17.0 Å². The summed E-state index contributed by atoms with van der Waals surface area (Å²) < 4.78 is 5.94. The molecule has 1 heterocycles. The minimum Gasteiger partial charge on any atom is -0.490 e. The summed E-state index contributed by atoms with van der Waals surface area (Å²) >= 11 is 0. The molecule has 2 aromatic rings. The normalized spacial score (nSPS) is 14.5. The lowest BCUT2D eigenvalue weighted by Crippen LogP contribution is -2.41. The Kier molecular flexibility index (Phi) is 5.58. The van der Waals surface area contributed by atoms with Gasteiger partial charge in [-0.25, -0.2) is 4.79 Å². The van der Waals surface area contributed by atoms with Crippen LogP contribution in [0.25, 0.3) is 0 Å². The highest BCUT2D eigenvalue weighted by Crippen LogP contribution is 2.23. The number of benzene rings is 2. The molecule has 1 amide bonds. The van der Waals surface area contributed by atoms with Crippen molar-refractivity contribution in [3.63, 3.8) is 0 Å². The molecule has 0 radical (unpaired) electrons. The zero-order valence-electron chi connectivity index (χ0n) is 15.3. The first-order valence-corrected chi connectivity index (χ1v) is 8.89. The maximum atomic E-state index is 12.7. The number of nitro groups is 1. The van der Waals surface area contributed by atoms with E-state index in [2.05, 4.69) is 0 Å². The van der Waals surface area contributed by atoms with Crippen molar-refractivity contribution in [1.29, 1.82) is 0 Å². The van der Waals surface area contributed by atoms with E-state index in [0.29, 0.717) is 25.9 Å². The molecule has 3 rings (SSSR count). The van der Waals surface area contributed by atoms with E-state index in [4.69, 9.17) is 9.84 Å². The van der Waals surface area contributed by atoms with E-state index in [1.54, 1.807) is 4.90 Å². The van der Waals surface area contributed by atoms with Crippen LogP contribution in [0.2, 0.25) is 0 Å². The van der Waals surface area contributed by atoms with Crippen molar-refractivity contribution in [2.24, 2.45) is 0 Å². The lowest BCUT2D eigenvalue weighted by molar-refractivity contribution is -0.384. The Morgan fingerprint density at radius 2 is 1.71 bits per heavy atom. The standard InChI is InChI=1S/C20H20N2O6/c1-13-2-4-17(5-3-13)28-18-6-8-21(9-7-18)19(23)14-10-15(20(24)25)12-16(11-14)22(26)27/h2-5,10-12,18H,6-9H2,1H3,(H,24,25). The van der Waals surface area contributed by atoms with Gasteiger partial charge in [-0.15, -0.1) is 0 Å². The number of ether oxygens (including phenoxy) is 1. The van der Waals surface area contributed by atoms with Crippen LogP contribution >= 0.6 is 0 Å². The van der Waals surface area contributed by atoms with Gasteiger partial charge in [0, 0.05) is 43.6 Å². The van der Waals surface area contributed by atoms with Gasteiger partial charge in [-0.3, -0.25) is 14.9 Å². The van der Waals surface area contributed by atoms with Crippen LogP contribution < -0.4 is 4.74 Å². The molecule has 0 bridgehead atoms. The second-order valence-electron chi connectivity index (χ2n) is 6.75. The Morgan fingerprint density at radius 1 is 1.11 bits per heavy atom. The van der Waals surface area contributed by atoms with Gasteiger partial charge in [-0.1, -0.05) is 17.7 Å². The summed E-state index contributed by atoms with van der Waals surface area (Å²) in [7, 11) is 0. The number of carboxylic acids is 1. The van der Waals surface area contributed by atoms with Gasteiger partial charge in [0.2, 0.25) is 0 Å². The first-order valence-electron chi connectivity index (χ1n) is 8.89. The summed E-state index contributed by atoms with van der Waals surface area (Å²) in [6.07, 6.45) is 1.23. The Balaban J connectivity index is 1.67. The number of aryl methyl sites for hydroxylation is 1. The van der Waals surface area contributed by atoms with Crippen molar-refractivity contribution in [2.45, 2.75) is 25.9 Å². The second kappa shape index (κ2) is 8.08. The summed E-state index contributed by atoms with van der Waals surface area (Å²) in [6.45, 7) is 2.86. The van der Waals surface area contributed by atoms with E-state index >= 15 is 0 Å². The molecule has 0 saturated carbocycles. The average molecular weight is 384 g/mol. The zero-order valence-corrected chi connectivity index (χ0v) is 15.3. The first kappa shape index (κ1) is 19.3. The summed E-state index contributed by atoms with van der Waals surface area (Å²) in [5, 5.41) is 20.2. The highest BCUT2D eigenvalue weighted by Gasteiger charge is 2.26. The minimum absolute atomic E-state index is 0.00417. The number of nitro benzene ring substituents is 1. The molecular weight excluding hydrogens is 364 g/mol. The third-order valence-corrected chi connectivity index (χ3v) is 4.68. The van der Waals surface area contributed by atoms with Crippen LogP contribution in [-0.4, -0.2) is 46.0 Å². The molecule has 1 N–H and O–H groups in total. The Morgan fingerprint density at radius 3 is 2.29 bits per heavy atom. The molecule has 8 heteroatoms. The van der Waals surface area contributed by atoms with E-state index in [0.717, 1.165) is 23.4 Å². The summed E-state index contributed by atoms with van der Waals surface area (Å²) in [5.74, 6) is -0.955. The number of hydrogen-bond acceptors (Lipinski definition) is 5. The molecule has 1 aliphatic rings. The molecule has 0 atom stereocenters. The highest BCUT2D eigenvalue weighted by atomic mass is 16.6. The topological polar surface area (TPSA) is 110 Å². The fourth-order valence-electron chi connectivity index (χ4n) is 3.13. The number of hydrogen-bond donors (Lipinski definition) is 1. The van der Waals surface area contributed by atoms with E-state index in [-0.39, 0.29) is 17.2 Å². The number of carbonyl (C=O) groups is 2. The zero-order chi connectivity index (χ0) is 20.3. The second-order valence-corrected chi connectivity index (χ2v) is 6.75. The largest absolute Gasteiger partial charge is 0.490 e. The van der Waals surface area contributed by atoms with Gasteiger partial charge in [0.15, 0.2) is 0 Å². The molecule has 1 saturated heterocycles. The number of amides is 1.